The lowest BCUT2D eigenvalue weighted by Gasteiger charge is -2.44. The lowest BCUT2D eigenvalue weighted by molar-refractivity contribution is -0.279. The lowest BCUT2D eigenvalue weighted by atomic mass is 9.96. The zero-order valence-electron chi connectivity index (χ0n) is 18.1. The summed E-state index contributed by atoms with van der Waals surface area (Å²) in [5.41, 5.74) is 0. The smallest absolute Gasteiger partial charge is 0.397 e. The highest BCUT2D eigenvalue weighted by Gasteiger charge is 2.50. The SMILES string of the molecule is CC(=O)NC1C(OC2CC(C(=O)NCCC(=O)O)NC2CO)OC(CO)C(OS(=O)(=O)O)C1O. The van der Waals surface area contributed by atoms with Gasteiger partial charge in [0.15, 0.2) is 6.29 Å². The molecular formula is C17H29N3O13S. The molecule has 2 saturated heterocycles. The summed E-state index contributed by atoms with van der Waals surface area (Å²) >= 11 is 0. The fraction of sp³-hybridized carbons (Fsp3) is 0.824. The summed E-state index contributed by atoms with van der Waals surface area (Å²) in [5, 5.41) is 46.1. The lowest BCUT2D eigenvalue weighted by Crippen LogP contribution is -2.66. The van der Waals surface area contributed by atoms with Crippen molar-refractivity contribution in [3.8, 4) is 0 Å². The highest BCUT2D eigenvalue weighted by atomic mass is 32.3. The number of hydrogen-bond acceptors (Lipinski definition) is 12. The first-order chi connectivity index (χ1) is 15.9. The summed E-state index contributed by atoms with van der Waals surface area (Å²) in [6.45, 7) is -0.352. The Kier molecular flexibility index (Phi) is 10.1. The molecule has 0 aliphatic carbocycles. The second kappa shape index (κ2) is 12.1. The van der Waals surface area contributed by atoms with Crippen molar-refractivity contribution in [1.82, 2.24) is 16.0 Å². The fourth-order valence-corrected chi connectivity index (χ4v) is 4.27. The molecule has 196 valence electrons. The van der Waals surface area contributed by atoms with Gasteiger partial charge in [-0.2, -0.15) is 8.42 Å². The first kappa shape index (κ1) is 28.3. The van der Waals surface area contributed by atoms with Crippen LogP contribution in [0.15, 0.2) is 0 Å². The first-order valence-electron chi connectivity index (χ1n) is 10.2. The maximum atomic E-state index is 12.3. The Bertz CT molecular complexity index is 841. The third kappa shape index (κ3) is 7.79. The third-order valence-corrected chi connectivity index (χ3v) is 5.71. The second-order valence-electron chi connectivity index (χ2n) is 7.78. The minimum atomic E-state index is -5.06. The van der Waals surface area contributed by atoms with E-state index in [9.17, 15) is 38.1 Å². The number of amides is 2. The van der Waals surface area contributed by atoms with Crippen molar-refractivity contribution in [3.05, 3.63) is 0 Å². The quantitative estimate of drug-likeness (QED) is 0.121. The molecule has 8 atom stereocenters. The second-order valence-corrected chi connectivity index (χ2v) is 8.83. The van der Waals surface area contributed by atoms with E-state index in [2.05, 4.69) is 20.1 Å². The molecule has 0 bridgehead atoms. The molecule has 8 unspecified atom stereocenters. The van der Waals surface area contributed by atoms with Crippen molar-refractivity contribution in [1.29, 1.82) is 0 Å². The van der Waals surface area contributed by atoms with Crippen LogP contribution in [0.5, 0.6) is 0 Å². The number of ether oxygens (including phenoxy) is 2. The van der Waals surface area contributed by atoms with Gasteiger partial charge in [-0.05, 0) is 6.42 Å². The number of nitrogens with one attached hydrogen (secondary N) is 3. The summed E-state index contributed by atoms with van der Waals surface area (Å²) in [6.07, 6.45) is -7.80. The molecule has 0 aromatic rings. The Morgan fingerprint density at radius 1 is 1.21 bits per heavy atom. The van der Waals surface area contributed by atoms with Gasteiger partial charge >= 0.3 is 16.4 Å². The molecule has 0 aromatic heterocycles. The fourth-order valence-electron chi connectivity index (χ4n) is 3.75. The van der Waals surface area contributed by atoms with Crippen LogP contribution in [0.4, 0.5) is 0 Å². The average molecular weight is 515 g/mol. The van der Waals surface area contributed by atoms with Crippen molar-refractivity contribution in [2.45, 2.75) is 68.6 Å². The standard InChI is InChI=1S/C17H29N3O13S/c1-7(23)19-13-14(26)15(33-34(28,29)30)11(6-22)32-17(13)31-10-4-8(20-9(10)5-21)16(27)18-3-2-12(24)25/h8-11,13-15,17,20-22,26H,2-6H2,1H3,(H,18,27)(H,19,23)(H,24,25)(H,28,29,30). The van der Waals surface area contributed by atoms with E-state index < -0.39 is 90.2 Å². The zero-order chi connectivity index (χ0) is 25.6. The largest absolute Gasteiger partial charge is 0.481 e. The van der Waals surface area contributed by atoms with Gasteiger partial charge in [0.05, 0.1) is 37.8 Å². The van der Waals surface area contributed by atoms with Gasteiger partial charge in [0.1, 0.15) is 24.4 Å². The number of carboxylic acid groups (broad SMARTS) is 1. The Labute approximate surface area is 194 Å². The molecule has 8 N–H and O–H groups in total. The van der Waals surface area contributed by atoms with Crippen molar-refractivity contribution < 1.29 is 61.4 Å². The molecule has 0 saturated carbocycles. The molecule has 2 rings (SSSR count). The van der Waals surface area contributed by atoms with E-state index in [1.54, 1.807) is 0 Å². The molecule has 34 heavy (non-hydrogen) atoms. The topological polar surface area (TPSA) is 250 Å². The molecule has 2 fully saturated rings. The van der Waals surface area contributed by atoms with Gasteiger partial charge in [0.25, 0.3) is 0 Å². The van der Waals surface area contributed by atoms with Crippen LogP contribution in [0, 0.1) is 0 Å². The van der Waals surface area contributed by atoms with E-state index in [4.69, 9.17) is 19.1 Å². The van der Waals surface area contributed by atoms with Gasteiger partial charge in [0.2, 0.25) is 11.8 Å². The van der Waals surface area contributed by atoms with E-state index in [0.717, 1.165) is 6.92 Å². The molecule has 2 aliphatic heterocycles. The van der Waals surface area contributed by atoms with E-state index in [-0.39, 0.29) is 19.4 Å². The van der Waals surface area contributed by atoms with Gasteiger partial charge in [-0.3, -0.25) is 24.3 Å². The monoisotopic (exact) mass is 515 g/mol. The number of aliphatic hydroxyl groups is 3. The summed E-state index contributed by atoms with van der Waals surface area (Å²) < 4.78 is 47.0. The van der Waals surface area contributed by atoms with Crippen molar-refractivity contribution in [2.24, 2.45) is 0 Å². The van der Waals surface area contributed by atoms with Crippen molar-refractivity contribution in [2.75, 3.05) is 19.8 Å². The number of aliphatic carboxylic acids is 1. The predicted molar refractivity (Wildman–Crippen MR) is 108 cm³/mol. The Morgan fingerprint density at radius 3 is 2.41 bits per heavy atom. The number of rotatable bonds is 11. The normalized spacial score (nSPS) is 33.9. The third-order valence-electron chi connectivity index (χ3n) is 5.25. The Morgan fingerprint density at radius 2 is 1.88 bits per heavy atom. The maximum Gasteiger partial charge on any atom is 0.397 e. The van der Waals surface area contributed by atoms with E-state index in [1.807, 2.05) is 0 Å². The van der Waals surface area contributed by atoms with Crippen LogP contribution >= 0.6 is 0 Å². The summed E-state index contributed by atoms with van der Waals surface area (Å²) in [7, 11) is -5.06. The van der Waals surface area contributed by atoms with Crippen LogP contribution in [0.3, 0.4) is 0 Å². The zero-order valence-corrected chi connectivity index (χ0v) is 18.9. The molecule has 0 spiro atoms. The van der Waals surface area contributed by atoms with Crippen LogP contribution in [-0.2, 0) is 38.4 Å². The molecule has 2 aliphatic rings. The van der Waals surface area contributed by atoms with Crippen molar-refractivity contribution >= 4 is 28.2 Å². The van der Waals surface area contributed by atoms with Gasteiger partial charge in [0, 0.05) is 13.5 Å². The number of hydrogen-bond donors (Lipinski definition) is 8. The van der Waals surface area contributed by atoms with E-state index in [1.165, 1.54) is 0 Å². The molecule has 17 heteroatoms. The number of carboxylic acids is 1. The number of aliphatic hydroxyl groups excluding tert-OH is 3. The molecule has 0 aromatic carbocycles. The van der Waals surface area contributed by atoms with Crippen LogP contribution in [-0.4, -0.2) is 120 Å². The summed E-state index contributed by atoms with van der Waals surface area (Å²) in [5.74, 6) is -2.29. The number of carbonyl (C=O) groups excluding carboxylic acids is 2. The molecule has 16 nitrogen and oxygen atoms in total. The Balaban J connectivity index is 2.15. The van der Waals surface area contributed by atoms with Crippen LogP contribution in [0.1, 0.15) is 19.8 Å². The summed E-state index contributed by atoms with van der Waals surface area (Å²) in [4.78, 5) is 34.6. The number of carbonyl (C=O) groups is 3. The minimum absolute atomic E-state index is 0.0123. The first-order valence-corrected chi connectivity index (χ1v) is 11.6. The van der Waals surface area contributed by atoms with Crippen LogP contribution in [0.25, 0.3) is 0 Å². The Hall–Kier alpha value is -1.96. The van der Waals surface area contributed by atoms with E-state index in [0.29, 0.717) is 0 Å². The minimum Gasteiger partial charge on any atom is -0.481 e. The van der Waals surface area contributed by atoms with Gasteiger partial charge < -0.3 is 40.5 Å². The van der Waals surface area contributed by atoms with Gasteiger partial charge in [-0.1, -0.05) is 0 Å². The molecule has 2 heterocycles. The molecule has 2 amide bonds. The predicted octanol–water partition coefficient (Wildman–Crippen LogP) is -4.54. The van der Waals surface area contributed by atoms with Gasteiger partial charge in [-0.15, -0.1) is 0 Å². The maximum absolute atomic E-state index is 12.3. The highest BCUT2D eigenvalue weighted by Crippen LogP contribution is 2.29. The average Bonchev–Trinajstić information content (AvgIpc) is 3.14. The molecule has 0 radical (unpaired) electrons. The van der Waals surface area contributed by atoms with Gasteiger partial charge in [-0.25, -0.2) is 4.18 Å². The summed E-state index contributed by atoms with van der Waals surface area (Å²) in [6, 6.07) is -3.09. The van der Waals surface area contributed by atoms with E-state index >= 15 is 0 Å². The van der Waals surface area contributed by atoms with Crippen LogP contribution < -0.4 is 16.0 Å². The van der Waals surface area contributed by atoms with Crippen molar-refractivity contribution in [3.63, 3.8) is 0 Å². The molecular weight excluding hydrogens is 486 g/mol. The highest BCUT2D eigenvalue weighted by molar-refractivity contribution is 7.80. The van der Waals surface area contributed by atoms with Crippen LogP contribution in [0.2, 0.25) is 0 Å².